The van der Waals surface area contributed by atoms with Gasteiger partial charge in [-0.05, 0) is 31.7 Å². The van der Waals surface area contributed by atoms with E-state index in [2.05, 4.69) is 5.32 Å². The van der Waals surface area contributed by atoms with Crippen molar-refractivity contribution >= 4 is 33.4 Å². The zero-order chi connectivity index (χ0) is 15.6. The normalized spacial score (nSPS) is 20.7. The standard InChI is InChI=1S/C13H18ClFN2O2S2/c1-9-8-20-4-3-17(9)21(18,19)11-5-10(7-16-2)13(14)12(15)6-11/h5-6,9,16H,3-4,7-8H2,1-2H3. The molecule has 1 N–H and O–H groups in total. The van der Waals surface area contributed by atoms with E-state index in [1.807, 2.05) is 6.92 Å². The van der Waals surface area contributed by atoms with Gasteiger partial charge in [-0.15, -0.1) is 0 Å². The van der Waals surface area contributed by atoms with Gasteiger partial charge >= 0.3 is 0 Å². The van der Waals surface area contributed by atoms with Gasteiger partial charge in [0.15, 0.2) is 0 Å². The number of nitrogens with one attached hydrogen (secondary N) is 1. The van der Waals surface area contributed by atoms with Crippen molar-refractivity contribution in [2.75, 3.05) is 25.1 Å². The molecule has 0 amide bonds. The van der Waals surface area contributed by atoms with Crippen LogP contribution in [0.4, 0.5) is 4.39 Å². The summed E-state index contributed by atoms with van der Waals surface area (Å²) in [6.07, 6.45) is 0. The molecule has 0 spiro atoms. The Kier molecular flexibility index (Phi) is 5.54. The van der Waals surface area contributed by atoms with E-state index in [0.717, 1.165) is 17.6 Å². The Morgan fingerprint density at radius 2 is 2.24 bits per heavy atom. The molecule has 1 fully saturated rings. The molecule has 2 rings (SSSR count). The van der Waals surface area contributed by atoms with Gasteiger partial charge in [-0.25, -0.2) is 12.8 Å². The molecule has 1 aromatic carbocycles. The molecule has 1 heterocycles. The van der Waals surface area contributed by atoms with Gasteiger partial charge in [-0.3, -0.25) is 0 Å². The van der Waals surface area contributed by atoms with Crippen LogP contribution in [0.5, 0.6) is 0 Å². The maximum absolute atomic E-state index is 13.9. The number of thioether (sulfide) groups is 1. The van der Waals surface area contributed by atoms with E-state index in [1.165, 1.54) is 10.4 Å². The Balaban J connectivity index is 2.44. The highest BCUT2D eigenvalue weighted by Crippen LogP contribution is 2.29. The van der Waals surface area contributed by atoms with Gasteiger partial charge in [0.1, 0.15) is 5.82 Å². The average molecular weight is 353 g/mol. The minimum absolute atomic E-state index is 0.0339. The summed E-state index contributed by atoms with van der Waals surface area (Å²) in [6.45, 7) is 2.62. The van der Waals surface area contributed by atoms with Crippen LogP contribution in [-0.4, -0.2) is 43.9 Å². The van der Waals surface area contributed by atoms with Crippen molar-refractivity contribution < 1.29 is 12.8 Å². The summed E-state index contributed by atoms with van der Waals surface area (Å²) in [5.41, 5.74) is 0.441. The van der Waals surface area contributed by atoms with Crippen molar-refractivity contribution in [2.45, 2.75) is 24.4 Å². The summed E-state index contributed by atoms with van der Waals surface area (Å²) in [4.78, 5) is -0.0339. The smallest absolute Gasteiger partial charge is 0.243 e. The van der Waals surface area contributed by atoms with E-state index in [9.17, 15) is 12.8 Å². The molecular formula is C13H18ClFN2O2S2. The number of rotatable bonds is 4. The molecule has 118 valence electrons. The number of hydrogen-bond donors (Lipinski definition) is 1. The summed E-state index contributed by atoms with van der Waals surface area (Å²) < 4.78 is 40.8. The van der Waals surface area contributed by atoms with Crippen LogP contribution in [0.2, 0.25) is 5.02 Å². The fourth-order valence-electron chi connectivity index (χ4n) is 2.29. The average Bonchev–Trinajstić information content (AvgIpc) is 2.44. The monoisotopic (exact) mass is 352 g/mol. The van der Waals surface area contributed by atoms with Crippen LogP contribution in [0.3, 0.4) is 0 Å². The summed E-state index contributed by atoms with van der Waals surface area (Å²) in [5, 5.41) is 2.82. The highest BCUT2D eigenvalue weighted by Gasteiger charge is 2.32. The lowest BCUT2D eigenvalue weighted by Gasteiger charge is -2.32. The molecule has 0 saturated carbocycles. The zero-order valence-corrected chi connectivity index (χ0v) is 14.3. The van der Waals surface area contributed by atoms with E-state index in [1.54, 1.807) is 18.8 Å². The first-order chi connectivity index (χ1) is 9.87. The van der Waals surface area contributed by atoms with E-state index < -0.39 is 15.8 Å². The molecule has 0 aliphatic carbocycles. The van der Waals surface area contributed by atoms with Crippen LogP contribution in [0.1, 0.15) is 12.5 Å². The molecule has 0 aromatic heterocycles. The van der Waals surface area contributed by atoms with Crippen LogP contribution < -0.4 is 5.32 Å². The third kappa shape index (κ3) is 3.53. The third-order valence-electron chi connectivity index (χ3n) is 3.36. The minimum Gasteiger partial charge on any atom is -0.316 e. The van der Waals surface area contributed by atoms with E-state index in [0.29, 0.717) is 18.7 Å². The van der Waals surface area contributed by atoms with Crippen molar-refractivity contribution in [1.29, 1.82) is 0 Å². The number of nitrogens with zero attached hydrogens (tertiary/aromatic N) is 1. The Morgan fingerprint density at radius 1 is 1.52 bits per heavy atom. The van der Waals surface area contributed by atoms with Gasteiger partial charge in [0.05, 0.1) is 9.92 Å². The molecule has 1 atom stereocenters. The number of hydrogen-bond acceptors (Lipinski definition) is 4. The van der Waals surface area contributed by atoms with Gasteiger partial charge in [0.2, 0.25) is 10.0 Å². The Hall–Kier alpha value is -0.340. The van der Waals surface area contributed by atoms with E-state index in [-0.39, 0.29) is 16.0 Å². The number of sulfonamides is 1. The van der Waals surface area contributed by atoms with Crippen molar-refractivity contribution in [3.63, 3.8) is 0 Å². The number of benzene rings is 1. The topological polar surface area (TPSA) is 49.4 Å². The number of halogens is 2. The second-order valence-electron chi connectivity index (χ2n) is 4.95. The minimum atomic E-state index is -3.70. The SMILES string of the molecule is CNCc1cc(S(=O)(=O)N2CCSCC2C)cc(F)c1Cl. The summed E-state index contributed by atoms with van der Waals surface area (Å²) in [5.74, 6) is 0.795. The Morgan fingerprint density at radius 3 is 2.86 bits per heavy atom. The first-order valence-corrected chi connectivity index (χ1v) is 9.57. The van der Waals surface area contributed by atoms with E-state index >= 15 is 0 Å². The first-order valence-electron chi connectivity index (χ1n) is 6.60. The summed E-state index contributed by atoms with van der Waals surface area (Å²) in [7, 11) is -2.00. The van der Waals surface area contributed by atoms with Crippen LogP contribution in [0.15, 0.2) is 17.0 Å². The molecule has 1 aromatic rings. The largest absolute Gasteiger partial charge is 0.316 e. The van der Waals surface area contributed by atoms with Gasteiger partial charge in [0, 0.05) is 30.6 Å². The third-order valence-corrected chi connectivity index (χ3v) is 6.96. The second kappa shape index (κ2) is 6.83. The lowest BCUT2D eigenvalue weighted by atomic mass is 10.2. The highest BCUT2D eigenvalue weighted by atomic mass is 35.5. The molecule has 8 heteroatoms. The van der Waals surface area contributed by atoms with Crippen molar-refractivity contribution in [2.24, 2.45) is 0 Å². The van der Waals surface area contributed by atoms with Crippen LogP contribution in [0, 0.1) is 5.82 Å². The molecule has 0 bridgehead atoms. The van der Waals surface area contributed by atoms with Crippen LogP contribution in [0.25, 0.3) is 0 Å². The molecule has 1 saturated heterocycles. The fourth-order valence-corrected chi connectivity index (χ4v) is 5.38. The predicted molar refractivity (Wildman–Crippen MR) is 84.9 cm³/mol. The molecule has 0 radical (unpaired) electrons. The molecule has 1 aliphatic heterocycles. The summed E-state index contributed by atoms with van der Waals surface area (Å²) >= 11 is 7.61. The van der Waals surface area contributed by atoms with E-state index in [4.69, 9.17) is 11.6 Å². The lowest BCUT2D eigenvalue weighted by Crippen LogP contribution is -2.44. The van der Waals surface area contributed by atoms with Gasteiger partial charge in [-0.2, -0.15) is 16.1 Å². The first kappa shape index (κ1) is 17.0. The lowest BCUT2D eigenvalue weighted by molar-refractivity contribution is 0.367. The van der Waals surface area contributed by atoms with Crippen molar-refractivity contribution in [1.82, 2.24) is 9.62 Å². The molecule has 21 heavy (non-hydrogen) atoms. The van der Waals surface area contributed by atoms with Crippen molar-refractivity contribution in [3.05, 3.63) is 28.5 Å². The molecule has 1 unspecified atom stereocenters. The summed E-state index contributed by atoms with van der Waals surface area (Å²) in [6, 6.07) is 2.36. The molecule has 1 aliphatic rings. The molecular weight excluding hydrogens is 335 g/mol. The Labute approximate surface area is 134 Å². The van der Waals surface area contributed by atoms with Gasteiger partial charge < -0.3 is 5.32 Å². The maximum atomic E-state index is 13.9. The fraction of sp³-hybridized carbons (Fsp3) is 0.538. The highest BCUT2D eigenvalue weighted by molar-refractivity contribution is 7.99. The second-order valence-corrected chi connectivity index (χ2v) is 8.37. The maximum Gasteiger partial charge on any atom is 0.243 e. The van der Waals surface area contributed by atoms with Gasteiger partial charge in [-0.1, -0.05) is 11.6 Å². The zero-order valence-electron chi connectivity index (χ0n) is 11.9. The Bertz CT molecular complexity index is 625. The van der Waals surface area contributed by atoms with Gasteiger partial charge in [0.25, 0.3) is 0 Å². The molecule has 4 nitrogen and oxygen atoms in total. The van der Waals surface area contributed by atoms with Crippen LogP contribution in [-0.2, 0) is 16.6 Å². The predicted octanol–water partition coefficient (Wildman–Crippen LogP) is 2.32. The quantitative estimate of drug-likeness (QED) is 0.903. The van der Waals surface area contributed by atoms with Crippen LogP contribution >= 0.6 is 23.4 Å². The van der Waals surface area contributed by atoms with Crippen molar-refractivity contribution in [3.8, 4) is 0 Å².